The van der Waals surface area contributed by atoms with Gasteiger partial charge in [-0.1, -0.05) is 41.9 Å². The van der Waals surface area contributed by atoms with Crippen molar-refractivity contribution in [3.8, 4) is 0 Å². The number of aryl methyl sites for hydroxylation is 1. The zero-order valence-electron chi connectivity index (χ0n) is 16.5. The summed E-state index contributed by atoms with van der Waals surface area (Å²) in [5.74, 6) is 0.0730. The first-order valence-electron chi connectivity index (χ1n) is 9.55. The summed E-state index contributed by atoms with van der Waals surface area (Å²) in [6.45, 7) is 5.24. The summed E-state index contributed by atoms with van der Waals surface area (Å²) in [5, 5.41) is 4.18. The van der Waals surface area contributed by atoms with Crippen LogP contribution < -0.4 is 10.2 Å². The largest absolute Gasteiger partial charge is 0.314 e. The molecule has 0 saturated carbocycles. The van der Waals surface area contributed by atoms with Crippen LogP contribution in [0.4, 0.5) is 5.69 Å². The van der Waals surface area contributed by atoms with E-state index in [0.717, 1.165) is 25.3 Å². The Morgan fingerprint density at radius 2 is 2.00 bits per heavy atom. The Kier molecular flexibility index (Phi) is 8.77. The lowest BCUT2D eigenvalue weighted by Crippen LogP contribution is -2.43. The molecule has 2 aromatic carbocycles. The minimum absolute atomic E-state index is 0. The predicted molar refractivity (Wildman–Crippen MR) is 120 cm³/mol. The molecule has 0 radical (unpaired) electrons. The summed E-state index contributed by atoms with van der Waals surface area (Å²) in [7, 11) is 1.81. The first kappa shape index (κ1) is 22.7. The molecule has 152 valence electrons. The van der Waals surface area contributed by atoms with Gasteiger partial charge in [0.25, 0.3) is 0 Å². The van der Waals surface area contributed by atoms with Crippen LogP contribution in [0.25, 0.3) is 0 Å². The third-order valence-electron chi connectivity index (χ3n) is 5.22. The van der Waals surface area contributed by atoms with Gasteiger partial charge in [-0.15, -0.1) is 12.4 Å². The molecule has 1 saturated heterocycles. The number of anilines is 1. The van der Waals surface area contributed by atoms with Crippen molar-refractivity contribution in [2.45, 2.75) is 32.4 Å². The van der Waals surface area contributed by atoms with Gasteiger partial charge < -0.3 is 10.2 Å². The second-order valence-corrected chi connectivity index (χ2v) is 7.76. The van der Waals surface area contributed by atoms with Crippen molar-refractivity contribution in [1.82, 2.24) is 10.2 Å². The lowest BCUT2D eigenvalue weighted by atomic mass is 10.1. The molecule has 1 atom stereocenters. The van der Waals surface area contributed by atoms with E-state index in [2.05, 4.69) is 41.4 Å². The van der Waals surface area contributed by atoms with Crippen LogP contribution >= 0.6 is 24.0 Å². The van der Waals surface area contributed by atoms with Crippen LogP contribution in [0.3, 0.4) is 0 Å². The first-order chi connectivity index (χ1) is 13.0. The number of hydrogen-bond acceptors (Lipinski definition) is 3. The van der Waals surface area contributed by atoms with Crippen molar-refractivity contribution in [1.29, 1.82) is 0 Å². The predicted octanol–water partition coefficient (Wildman–Crippen LogP) is 4.29. The molecule has 1 aliphatic rings. The molecule has 2 aromatic rings. The van der Waals surface area contributed by atoms with Crippen molar-refractivity contribution < 1.29 is 4.79 Å². The van der Waals surface area contributed by atoms with Gasteiger partial charge in [-0.3, -0.25) is 9.69 Å². The maximum Gasteiger partial charge on any atom is 0.240 e. The summed E-state index contributed by atoms with van der Waals surface area (Å²) in [6.07, 6.45) is 2.38. The lowest BCUT2D eigenvalue weighted by molar-refractivity contribution is -0.119. The smallest absolute Gasteiger partial charge is 0.240 e. The third kappa shape index (κ3) is 6.21. The molecule has 3 rings (SSSR count). The highest BCUT2D eigenvalue weighted by Crippen LogP contribution is 2.19. The quantitative estimate of drug-likeness (QED) is 0.723. The number of nitrogens with zero attached hydrogens (tertiary/aromatic N) is 2. The number of likely N-dealkylation sites (N-methyl/N-ethyl adjacent to an activating group) is 1. The van der Waals surface area contributed by atoms with Gasteiger partial charge in [-0.25, -0.2) is 0 Å². The maximum atomic E-state index is 12.9. The van der Waals surface area contributed by atoms with Crippen LogP contribution in [-0.2, 0) is 11.3 Å². The molecule has 0 bridgehead atoms. The zero-order chi connectivity index (χ0) is 19.2. The minimum atomic E-state index is 0. The zero-order valence-corrected chi connectivity index (χ0v) is 18.1. The van der Waals surface area contributed by atoms with Crippen LogP contribution in [0.2, 0.25) is 5.02 Å². The fourth-order valence-electron chi connectivity index (χ4n) is 3.56. The molecule has 0 spiro atoms. The van der Waals surface area contributed by atoms with E-state index in [9.17, 15) is 4.79 Å². The first-order valence-corrected chi connectivity index (χ1v) is 9.93. The Labute approximate surface area is 179 Å². The van der Waals surface area contributed by atoms with Gasteiger partial charge in [0.2, 0.25) is 5.91 Å². The maximum absolute atomic E-state index is 12.9. The molecule has 0 aromatic heterocycles. The Hall–Kier alpha value is -1.59. The Balaban J connectivity index is 0.00000280. The van der Waals surface area contributed by atoms with E-state index in [1.807, 2.05) is 31.3 Å². The second kappa shape index (κ2) is 10.8. The second-order valence-electron chi connectivity index (χ2n) is 7.32. The Bertz CT molecular complexity index is 778. The summed E-state index contributed by atoms with van der Waals surface area (Å²) in [4.78, 5) is 16.9. The molecule has 28 heavy (non-hydrogen) atoms. The monoisotopic (exact) mass is 421 g/mol. The molecule has 1 N–H and O–H groups in total. The Morgan fingerprint density at radius 1 is 1.21 bits per heavy atom. The van der Waals surface area contributed by atoms with Gasteiger partial charge >= 0.3 is 0 Å². The SMILES string of the molecule is Cc1ccccc1CN(CC(=O)N(C)c1cccc(Cl)c1)C[C@@H]1CCCN1.Cl. The third-order valence-corrected chi connectivity index (χ3v) is 5.46. The number of rotatable bonds is 7. The van der Waals surface area contributed by atoms with Crippen LogP contribution in [0.5, 0.6) is 0 Å². The lowest BCUT2D eigenvalue weighted by Gasteiger charge is -2.28. The van der Waals surface area contributed by atoms with Crippen LogP contribution in [0.1, 0.15) is 24.0 Å². The average Bonchev–Trinajstić information content (AvgIpc) is 3.16. The number of halogens is 2. The molecule has 4 nitrogen and oxygen atoms in total. The summed E-state index contributed by atoms with van der Waals surface area (Å²) >= 11 is 6.08. The van der Waals surface area contributed by atoms with E-state index >= 15 is 0 Å². The Morgan fingerprint density at radius 3 is 2.68 bits per heavy atom. The van der Waals surface area contributed by atoms with E-state index < -0.39 is 0 Å². The van der Waals surface area contributed by atoms with Crippen molar-refractivity contribution >= 4 is 35.6 Å². The van der Waals surface area contributed by atoms with E-state index in [1.54, 1.807) is 4.90 Å². The standard InChI is InChI=1S/C22H28ClN3O.ClH/c1-17-7-3-4-8-18(17)14-26(15-20-10-6-12-24-20)16-22(27)25(2)21-11-5-9-19(23)13-21;/h3-5,7-9,11,13,20,24H,6,10,12,14-16H2,1-2H3;1H/t20-;/m0./s1. The van der Waals surface area contributed by atoms with Crippen molar-refractivity contribution in [2.75, 3.05) is 31.6 Å². The van der Waals surface area contributed by atoms with E-state index in [0.29, 0.717) is 17.6 Å². The number of carbonyl (C=O) groups excluding carboxylic acids is 1. The van der Waals surface area contributed by atoms with Gasteiger partial charge in [0.15, 0.2) is 0 Å². The molecule has 0 aliphatic carbocycles. The molecule has 6 heteroatoms. The van der Waals surface area contributed by atoms with Crippen molar-refractivity contribution in [2.24, 2.45) is 0 Å². The van der Waals surface area contributed by atoms with E-state index in [1.165, 1.54) is 24.0 Å². The molecule has 0 unspecified atom stereocenters. The fraction of sp³-hybridized carbons (Fsp3) is 0.409. The summed E-state index contributed by atoms with van der Waals surface area (Å²) < 4.78 is 0. The van der Waals surface area contributed by atoms with Crippen LogP contribution in [0, 0.1) is 6.92 Å². The highest BCUT2D eigenvalue weighted by Gasteiger charge is 2.22. The number of benzene rings is 2. The molecular formula is C22H29Cl2N3O. The van der Waals surface area contributed by atoms with Gasteiger partial charge in [-0.05, 0) is 55.6 Å². The highest BCUT2D eigenvalue weighted by molar-refractivity contribution is 6.30. The van der Waals surface area contributed by atoms with Gasteiger partial charge in [0, 0.05) is 36.9 Å². The fourth-order valence-corrected chi connectivity index (χ4v) is 3.75. The summed E-state index contributed by atoms with van der Waals surface area (Å²) in [6, 6.07) is 16.3. The number of hydrogen-bond donors (Lipinski definition) is 1. The topological polar surface area (TPSA) is 35.6 Å². The highest BCUT2D eigenvalue weighted by atomic mass is 35.5. The van der Waals surface area contributed by atoms with Crippen LogP contribution in [-0.4, -0.2) is 43.5 Å². The number of amides is 1. The van der Waals surface area contributed by atoms with Gasteiger partial charge in [0.05, 0.1) is 6.54 Å². The molecule has 1 amide bonds. The summed E-state index contributed by atoms with van der Waals surface area (Å²) in [5.41, 5.74) is 3.36. The van der Waals surface area contributed by atoms with Crippen molar-refractivity contribution in [3.05, 3.63) is 64.7 Å². The van der Waals surface area contributed by atoms with Gasteiger partial charge in [0.1, 0.15) is 0 Å². The van der Waals surface area contributed by atoms with E-state index in [4.69, 9.17) is 11.6 Å². The number of nitrogens with one attached hydrogen (secondary N) is 1. The van der Waals surface area contributed by atoms with Gasteiger partial charge in [-0.2, -0.15) is 0 Å². The van der Waals surface area contributed by atoms with E-state index in [-0.39, 0.29) is 18.3 Å². The van der Waals surface area contributed by atoms with Crippen LogP contribution in [0.15, 0.2) is 48.5 Å². The molecular weight excluding hydrogens is 393 g/mol. The molecule has 1 fully saturated rings. The normalized spacial score (nSPS) is 16.1. The average molecular weight is 422 g/mol. The minimum Gasteiger partial charge on any atom is -0.314 e. The number of carbonyl (C=O) groups is 1. The molecule has 1 aliphatic heterocycles. The van der Waals surface area contributed by atoms with Crippen molar-refractivity contribution in [3.63, 3.8) is 0 Å². The molecule has 1 heterocycles.